The molecule has 0 radical (unpaired) electrons. The molecule has 0 heterocycles. The number of allylic oxidation sites excluding steroid dienone is 1. The number of primary sulfonamides is 1. The molecule has 102 valence electrons. The molecule has 0 saturated heterocycles. The van der Waals surface area contributed by atoms with E-state index in [0.717, 1.165) is 0 Å². The van der Waals surface area contributed by atoms with Gasteiger partial charge in [0.1, 0.15) is 0 Å². The third-order valence-corrected chi connectivity index (χ3v) is 4.38. The highest BCUT2D eigenvalue weighted by atomic mass is 32.2. The van der Waals surface area contributed by atoms with Crippen molar-refractivity contribution in [3.05, 3.63) is 53.8 Å². The molecular weight excluding hydrogens is 262 g/mol. The van der Waals surface area contributed by atoms with Gasteiger partial charge in [-0.2, -0.15) is 0 Å². The van der Waals surface area contributed by atoms with E-state index in [0.29, 0.717) is 11.3 Å². The number of benzene rings is 1. The fourth-order valence-corrected chi connectivity index (χ4v) is 3.10. The summed E-state index contributed by atoms with van der Waals surface area (Å²) < 4.78 is 23.3. The first kappa shape index (κ1) is 13.8. The second-order valence-corrected chi connectivity index (χ2v) is 6.29. The minimum absolute atomic E-state index is 0.0443. The fourth-order valence-electron chi connectivity index (χ4n) is 2.28. The van der Waals surface area contributed by atoms with Crippen LogP contribution in [0, 0.1) is 5.92 Å². The number of sulfonamides is 1. The zero-order valence-corrected chi connectivity index (χ0v) is 11.4. The normalized spacial score (nSPS) is 27.1. The first-order valence-electron chi connectivity index (χ1n) is 5.83. The lowest BCUT2D eigenvalue weighted by atomic mass is 9.76. The Morgan fingerprint density at radius 3 is 2.47 bits per heavy atom. The van der Waals surface area contributed by atoms with Crippen molar-refractivity contribution in [3.8, 4) is 0 Å². The van der Waals surface area contributed by atoms with Gasteiger partial charge in [0, 0.05) is 11.6 Å². The Hall–Kier alpha value is -1.63. The van der Waals surface area contributed by atoms with Crippen molar-refractivity contribution in [3.63, 3.8) is 0 Å². The van der Waals surface area contributed by atoms with Gasteiger partial charge in [0.05, 0.1) is 10.4 Å². The topological polar surface area (TPSA) is 112 Å². The van der Waals surface area contributed by atoms with Gasteiger partial charge < -0.3 is 11.5 Å². The minimum Gasteiger partial charge on any atom is -0.399 e. The molecule has 1 aromatic carbocycles. The van der Waals surface area contributed by atoms with E-state index in [1.165, 1.54) is 6.07 Å². The summed E-state index contributed by atoms with van der Waals surface area (Å²) in [7, 11) is -3.82. The van der Waals surface area contributed by atoms with E-state index >= 15 is 0 Å². The Kier molecular flexibility index (Phi) is 3.25. The molecule has 0 saturated carbocycles. The quantitative estimate of drug-likeness (QED) is 0.733. The third kappa shape index (κ3) is 2.42. The fraction of sp³-hybridized carbons (Fsp3) is 0.231. The van der Waals surface area contributed by atoms with E-state index < -0.39 is 15.6 Å². The van der Waals surface area contributed by atoms with Gasteiger partial charge in [-0.25, -0.2) is 13.6 Å². The second kappa shape index (κ2) is 4.48. The summed E-state index contributed by atoms with van der Waals surface area (Å²) >= 11 is 0. The summed E-state index contributed by atoms with van der Waals surface area (Å²) in [4.78, 5) is 0.0443. The van der Waals surface area contributed by atoms with Crippen LogP contribution in [0.2, 0.25) is 0 Å². The van der Waals surface area contributed by atoms with Crippen LogP contribution in [0.1, 0.15) is 12.5 Å². The average molecular weight is 279 g/mol. The molecule has 6 heteroatoms. The van der Waals surface area contributed by atoms with Crippen LogP contribution in [0.25, 0.3) is 0 Å². The van der Waals surface area contributed by atoms with E-state index in [2.05, 4.69) is 0 Å². The van der Waals surface area contributed by atoms with Crippen LogP contribution >= 0.6 is 0 Å². The molecule has 2 rings (SSSR count). The number of nitrogens with two attached hydrogens (primary N) is 3. The summed E-state index contributed by atoms with van der Waals surface area (Å²) in [5, 5.41) is 5.25. The summed E-state index contributed by atoms with van der Waals surface area (Å²) in [6.45, 7) is 1.89. The minimum atomic E-state index is -3.82. The maximum atomic E-state index is 11.7. The van der Waals surface area contributed by atoms with Crippen molar-refractivity contribution in [1.29, 1.82) is 0 Å². The lowest BCUT2D eigenvalue weighted by Crippen LogP contribution is -2.43. The summed E-state index contributed by atoms with van der Waals surface area (Å²) in [6.07, 6.45) is 5.21. The van der Waals surface area contributed by atoms with Gasteiger partial charge in [0.2, 0.25) is 10.0 Å². The molecule has 2 atom stereocenters. The largest absolute Gasteiger partial charge is 0.399 e. The summed E-state index contributed by atoms with van der Waals surface area (Å²) in [6, 6.07) is 6.49. The van der Waals surface area contributed by atoms with E-state index in [9.17, 15) is 8.42 Å². The van der Waals surface area contributed by atoms with Gasteiger partial charge in [-0.05, 0) is 17.7 Å². The predicted molar refractivity (Wildman–Crippen MR) is 74.3 cm³/mol. The van der Waals surface area contributed by atoms with E-state index in [4.69, 9.17) is 16.6 Å². The Labute approximate surface area is 112 Å². The smallest absolute Gasteiger partial charge is 0.238 e. The number of hydrogen-bond acceptors (Lipinski definition) is 4. The van der Waals surface area contributed by atoms with Crippen LogP contribution in [-0.2, 0) is 15.6 Å². The Bertz CT molecular complexity index is 664. The first-order chi connectivity index (χ1) is 8.75. The first-order valence-corrected chi connectivity index (χ1v) is 7.37. The zero-order chi connectivity index (χ0) is 14.3. The molecule has 6 N–H and O–H groups in total. The molecule has 0 aliphatic heterocycles. The van der Waals surface area contributed by atoms with Crippen LogP contribution in [-0.4, -0.2) is 8.42 Å². The van der Waals surface area contributed by atoms with Crippen molar-refractivity contribution in [2.24, 2.45) is 22.5 Å². The van der Waals surface area contributed by atoms with Gasteiger partial charge in [0.25, 0.3) is 0 Å². The SMILES string of the molecule is CC1C=C(N)C=CC1(N)c1ccccc1S(N)(=O)=O. The van der Waals surface area contributed by atoms with Gasteiger partial charge in [-0.3, -0.25) is 0 Å². The van der Waals surface area contributed by atoms with E-state index in [1.807, 2.05) is 6.92 Å². The zero-order valence-electron chi connectivity index (χ0n) is 10.6. The molecule has 0 amide bonds. The molecule has 1 aromatic rings. The summed E-state index contributed by atoms with van der Waals surface area (Å²) in [5.41, 5.74) is 12.3. The average Bonchev–Trinajstić information content (AvgIpc) is 2.33. The van der Waals surface area contributed by atoms with Gasteiger partial charge >= 0.3 is 0 Å². The Balaban J connectivity index is 2.64. The van der Waals surface area contributed by atoms with E-state index in [1.54, 1.807) is 36.4 Å². The monoisotopic (exact) mass is 279 g/mol. The maximum Gasteiger partial charge on any atom is 0.238 e. The molecular formula is C13H17N3O2S. The van der Waals surface area contributed by atoms with Gasteiger partial charge in [-0.15, -0.1) is 0 Å². The molecule has 0 bridgehead atoms. The molecule has 0 fully saturated rings. The molecule has 19 heavy (non-hydrogen) atoms. The van der Waals surface area contributed by atoms with Crippen molar-refractivity contribution in [1.82, 2.24) is 0 Å². The second-order valence-electron chi connectivity index (χ2n) is 4.76. The summed E-state index contributed by atoms with van der Waals surface area (Å²) in [5.74, 6) is -0.139. The van der Waals surface area contributed by atoms with Crippen molar-refractivity contribution < 1.29 is 8.42 Å². The molecule has 1 aliphatic carbocycles. The standard InChI is InChI=1S/C13H17N3O2S/c1-9-8-10(14)6-7-13(9,15)11-4-2-3-5-12(11)19(16,17)18/h2-9H,14-15H2,1H3,(H2,16,17,18). The lowest BCUT2D eigenvalue weighted by molar-refractivity contribution is 0.422. The molecule has 2 unspecified atom stereocenters. The maximum absolute atomic E-state index is 11.7. The third-order valence-electron chi connectivity index (χ3n) is 3.41. The number of hydrogen-bond donors (Lipinski definition) is 3. The van der Waals surface area contributed by atoms with Crippen molar-refractivity contribution >= 4 is 10.0 Å². The highest BCUT2D eigenvalue weighted by Gasteiger charge is 2.35. The van der Waals surface area contributed by atoms with Crippen molar-refractivity contribution in [2.75, 3.05) is 0 Å². The molecule has 0 aromatic heterocycles. The highest BCUT2D eigenvalue weighted by molar-refractivity contribution is 7.89. The van der Waals surface area contributed by atoms with E-state index in [-0.39, 0.29) is 10.8 Å². The highest BCUT2D eigenvalue weighted by Crippen LogP contribution is 2.36. The van der Waals surface area contributed by atoms with Gasteiger partial charge in [0.15, 0.2) is 0 Å². The van der Waals surface area contributed by atoms with Crippen molar-refractivity contribution in [2.45, 2.75) is 17.4 Å². The van der Waals surface area contributed by atoms with Crippen LogP contribution in [0.4, 0.5) is 0 Å². The van der Waals surface area contributed by atoms with Crippen LogP contribution in [0.15, 0.2) is 53.1 Å². The van der Waals surface area contributed by atoms with Crippen LogP contribution in [0.5, 0.6) is 0 Å². The Morgan fingerprint density at radius 2 is 1.89 bits per heavy atom. The molecule has 0 spiro atoms. The molecule has 5 nitrogen and oxygen atoms in total. The number of rotatable bonds is 2. The van der Waals surface area contributed by atoms with Crippen LogP contribution in [0.3, 0.4) is 0 Å². The lowest BCUT2D eigenvalue weighted by Gasteiger charge is -2.35. The van der Waals surface area contributed by atoms with Crippen LogP contribution < -0.4 is 16.6 Å². The van der Waals surface area contributed by atoms with Gasteiger partial charge in [-0.1, -0.05) is 37.3 Å². The molecule has 1 aliphatic rings. The Morgan fingerprint density at radius 1 is 1.26 bits per heavy atom. The predicted octanol–water partition coefficient (Wildman–Crippen LogP) is 0.537.